The molecule has 2 aromatic carbocycles. The molecule has 2 fully saturated rings. The molecule has 2 heterocycles. The number of anilines is 1. The first-order valence-electron chi connectivity index (χ1n) is 9.01. The van der Waals surface area contributed by atoms with Crippen LogP contribution in [0.3, 0.4) is 0 Å². The highest BCUT2D eigenvalue weighted by molar-refractivity contribution is 5.89. The smallest absolute Gasteiger partial charge is 0.321 e. The molecule has 25 heavy (non-hydrogen) atoms. The number of carbonyl (C=O) groups is 1. The van der Waals surface area contributed by atoms with Gasteiger partial charge in [0.25, 0.3) is 0 Å². The summed E-state index contributed by atoms with van der Waals surface area (Å²) in [5, 5.41) is 3.01. The third-order valence-electron chi connectivity index (χ3n) is 5.45. The number of aryl methyl sites for hydroxylation is 1. The van der Waals surface area contributed by atoms with Crippen molar-refractivity contribution in [3.05, 3.63) is 54.1 Å². The Labute approximate surface area is 148 Å². The fourth-order valence-corrected chi connectivity index (χ4v) is 3.60. The lowest BCUT2D eigenvalue weighted by Crippen LogP contribution is -2.54. The third kappa shape index (κ3) is 3.40. The molecule has 4 nitrogen and oxygen atoms in total. The number of hydrogen-bond acceptors (Lipinski definition) is 2. The highest BCUT2D eigenvalue weighted by Crippen LogP contribution is 2.36. The molecule has 0 atom stereocenters. The second-order valence-electron chi connectivity index (χ2n) is 7.14. The molecule has 0 aliphatic carbocycles. The van der Waals surface area contributed by atoms with E-state index in [1.165, 1.54) is 11.1 Å². The summed E-state index contributed by atoms with van der Waals surface area (Å²) < 4.78 is 5.71. The van der Waals surface area contributed by atoms with Crippen LogP contribution in [0.4, 0.5) is 10.5 Å². The second kappa shape index (κ2) is 6.52. The van der Waals surface area contributed by atoms with Crippen molar-refractivity contribution < 1.29 is 9.53 Å². The largest absolute Gasteiger partial charge is 0.375 e. The minimum absolute atomic E-state index is 0.0164. The van der Waals surface area contributed by atoms with Gasteiger partial charge in [-0.1, -0.05) is 42.0 Å². The summed E-state index contributed by atoms with van der Waals surface area (Å²) >= 11 is 0. The molecule has 130 valence electrons. The van der Waals surface area contributed by atoms with Crippen molar-refractivity contribution in [2.75, 3.05) is 25.0 Å². The topological polar surface area (TPSA) is 41.6 Å². The number of ether oxygens (including phenoxy) is 1. The lowest BCUT2D eigenvalue weighted by Gasteiger charge is -2.47. The molecule has 0 unspecified atom stereocenters. The van der Waals surface area contributed by atoms with E-state index in [1.54, 1.807) is 0 Å². The van der Waals surface area contributed by atoms with Gasteiger partial charge in [-0.25, -0.2) is 4.79 Å². The van der Waals surface area contributed by atoms with Crippen LogP contribution in [0.25, 0.3) is 11.1 Å². The Balaban J connectivity index is 1.36. The molecule has 4 heteroatoms. The number of piperidine rings is 1. The Morgan fingerprint density at radius 2 is 1.52 bits per heavy atom. The Morgan fingerprint density at radius 3 is 2.04 bits per heavy atom. The fraction of sp³-hybridized carbons (Fsp3) is 0.381. The number of benzene rings is 2. The van der Waals surface area contributed by atoms with Gasteiger partial charge in [-0.2, -0.15) is 0 Å². The van der Waals surface area contributed by atoms with E-state index in [1.807, 2.05) is 29.2 Å². The molecule has 2 amide bonds. The van der Waals surface area contributed by atoms with Crippen molar-refractivity contribution in [3.63, 3.8) is 0 Å². The van der Waals surface area contributed by atoms with Gasteiger partial charge in [-0.15, -0.1) is 0 Å². The van der Waals surface area contributed by atoms with Gasteiger partial charge in [0.1, 0.15) is 0 Å². The number of amides is 2. The van der Waals surface area contributed by atoms with E-state index in [4.69, 9.17) is 4.74 Å². The number of nitrogens with one attached hydrogen (secondary N) is 1. The van der Waals surface area contributed by atoms with E-state index in [0.717, 1.165) is 50.2 Å². The van der Waals surface area contributed by atoms with Crippen molar-refractivity contribution in [2.24, 2.45) is 0 Å². The molecule has 0 saturated carbocycles. The first-order chi connectivity index (χ1) is 12.1. The molecule has 2 aliphatic heterocycles. The maximum absolute atomic E-state index is 12.5. The van der Waals surface area contributed by atoms with Crippen LogP contribution in [-0.4, -0.2) is 36.2 Å². The number of urea groups is 1. The summed E-state index contributed by atoms with van der Waals surface area (Å²) in [6.45, 7) is 4.50. The van der Waals surface area contributed by atoms with Gasteiger partial charge in [0.05, 0.1) is 12.2 Å². The molecule has 2 saturated heterocycles. The van der Waals surface area contributed by atoms with Gasteiger partial charge in [0.15, 0.2) is 0 Å². The zero-order valence-corrected chi connectivity index (χ0v) is 14.6. The zero-order chi connectivity index (χ0) is 17.3. The standard InChI is InChI=1S/C21H24N2O2/c1-16-2-4-17(5-3-16)18-6-8-19(9-7-18)22-20(24)23-13-10-21(11-14-23)12-15-25-21/h2-9H,10-15H2,1H3,(H,22,24). The van der Waals surface area contributed by atoms with Gasteiger partial charge in [-0.05, 0) is 49.4 Å². The van der Waals surface area contributed by atoms with Gasteiger partial charge < -0.3 is 15.0 Å². The first kappa shape index (κ1) is 16.2. The average Bonchev–Trinajstić information content (AvgIpc) is 2.62. The van der Waals surface area contributed by atoms with Crippen molar-refractivity contribution in [3.8, 4) is 11.1 Å². The summed E-state index contributed by atoms with van der Waals surface area (Å²) in [6, 6.07) is 16.5. The lowest BCUT2D eigenvalue weighted by atomic mass is 9.84. The summed E-state index contributed by atoms with van der Waals surface area (Å²) in [4.78, 5) is 14.3. The number of rotatable bonds is 2. The van der Waals surface area contributed by atoms with E-state index in [0.29, 0.717) is 0 Å². The molecule has 1 N–H and O–H groups in total. The van der Waals surface area contributed by atoms with Crippen LogP contribution in [0.2, 0.25) is 0 Å². The predicted octanol–water partition coefficient (Wildman–Crippen LogP) is 4.45. The van der Waals surface area contributed by atoms with Crippen LogP contribution in [0.5, 0.6) is 0 Å². The lowest BCUT2D eigenvalue weighted by molar-refractivity contribution is -0.168. The van der Waals surface area contributed by atoms with E-state index in [9.17, 15) is 4.79 Å². The summed E-state index contributed by atoms with van der Waals surface area (Å²) in [5.41, 5.74) is 4.50. The monoisotopic (exact) mass is 336 g/mol. The predicted molar refractivity (Wildman–Crippen MR) is 99.7 cm³/mol. The third-order valence-corrected chi connectivity index (χ3v) is 5.45. The zero-order valence-electron chi connectivity index (χ0n) is 14.6. The summed E-state index contributed by atoms with van der Waals surface area (Å²) in [5.74, 6) is 0. The number of likely N-dealkylation sites (tertiary alicyclic amines) is 1. The molecular formula is C21H24N2O2. The van der Waals surface area contributed by atoms with Gasteiger partial charge in [-0.3, -0.25) is 0 Å². The maximum atomic E-state index is 12.5. The van der Waals surface area contributed by atoms with Crippen LogP contribution >= 0.6 is 0 Å². The van der Waals surface area contributed by atoms with E-state index < -0.39 is 0 Å². The van der Waals surface area contributed by atoms with Gasteiger partial charge >= 0.3 is 6.03 Å². The van der Waals surface area contributed by atoms with Crippen LogP contribution in [-0.2, 0) is 4.74 Å². The fourth-order valence-electron chi connectivity index (χ4n) is 3.60. The number of carbonyl (C=O) groups excluding carboxylic acids is 1. The van der Waals surface area contributed by atoms with Crippen LogP contribution in [0.15, 0.2) is 48.5 Å². The average molecular weight is 336 g/mol. The highest BCUT2D eigenvalue weighted by atomic mass is 16.5. The van der Waals surface area contributed by atoms with Crippen LogP contribution in [0, 0.1) is 6.92 Å². The number of hydrogen-bond donors (Lipinski definition) is 1. The Kier molecular flexibility index (Phi) is 4.22. The van der Waals surface area contributed by atoms with E-state index >= 15 is 0 Å². The minimum atomic E-state index is -0.0164. The Morgan fingerprint density at radius 1 is 0.960 bits per heavy atom. The van der Waals surface area contributed by atoms with Crippen molar-refractivity contribution >= 4 is 11.7 Å². The summed E-state index contributed by atoms with van der Waals surface area (Å²) in [6.07, 6.45) is 3.04. The summed E-state index contributed by atoms with van der Waals surface area (Å²) in [7, 11) is 0. The van der Waals surface area contributed by atoms with Crippen molar-refractivity contribution in [1.29, 1.82) is 0 Å². The Bertz CT molecular complexity index is 738. The molecule has 4 rings (SSSR count). The quantitative estimate of drug-likeness (QED) is 0.880. The van der Waals surface area contributed by atoms with Crippen molar-refractivity contribution in [1.82, 2.24) is 4.90 Å². The molecule has 0 radical (unpaired) electrons. The van der Waals surface area contributed by atoms with Gasteiger partial charge in [0, 0.05) is 18.8 Å². The van der Waals surface area contributed by atoms with Crippen LogP contribution < -0.4 is 5.32 Å². The van der Waals surface area contributed by atoms with E-state index in [2.05, 4.69) is 36.5 Å². The molecule has 0 bridgehead atoms. The normalized spacial score (nSPS) is 18.7. The van der Waals surface area contributed by atoms with Crippen LogP contribution in [0.1, 0.15) is 24.8 Å². The second-order valence-corrected chi connectivity index (χ2v) is 7.14. The number of nitrogens with zero attached hydrogens (tertiary/aromatic N) is 1. The minimum Gasteiger partial charge on any atom is -0.375 e. The molecule has 2 aromatic rings. The molecule has 1 spiro atoms. The molecule has 0 aromatic heterocycles. The van der Waals surface area contributed by atoms with Crippen molar-refractivity contribution in [2.45, 2.75) is 31.8 Å². The SMILES string of the molecule is Cc1ccc(-c2ccc(NC(=O)N3CCC4(CCO4)CC3)cc2)cc1. The van der Waals surface area contributed by atoms with E-state index in [-0.39, 0.29) is 11.6 Å². The molecule has 2 aliphatic rings. The van der Waals surface area contributed by atoms with Gasteiger partial charge in [0.2, 0.25) is 0 Å². The first-order valence-corrected chi connectivity index (χ1v) is 9.01. The Hall–Kier alpha value is -2.33. The maximum Gasteiger partial charge on any atom is 0.321 e. The molecular weight excluding hydrogens is 312 g/mol. The highest BCUT2D eigenvalue weighted by Gasteiger charge is 2.41.